The summed E-state index contributed by atoms with van der Waals surface area (Å²) >= 11 is 3.33. The van der Waals surface area contributed by atoms with Gasteiger partial charge in [-0.3, -0.25) is 0 Å². The van der Waals surface area contributed by atoms with Crippen LogP contribution in [0.2, 0.25) is 0 Å². The van der Waals surface area contributed by atoms with Gasteiger partial charge in [-0.25, -0.2) is 0 Å². The van der Waals surface area contributed by atoms with Crippen molar-refractivity contribution in [3.63, 3.8) is 0 Å². The van der Waals surface area contributed by atoms with Crippen LogP contribution in [0.1, 0.15) is 18.5 Å². The Bertz CT molecular complexity index is 245. The zero-order valence-electron chi connectivity index (χ0n) is 6.87. The summed E-state index contributed by atoms with van der Waals surface area (Å²) in [6, 6.07) is 7.34. The van der Waals surface area contributed by atoms with Crippen LogP contribution < -0.4 is 5.73 Å². The van der Waals surface area contributed by atoms with E-state index in [0.717, 1.165) is 10.0 Å². The van der Waals surface area contributed by atoms with Crippen molar-refractivity contribution in [2.24, 2.45) is 5.73 Å². The molecule has 0 amide bonds. The van der Waals surface area contributed by atoms with E-state index in [4.69, 9.17) is 5.73 Å². The number of aliphatic hydroxyl groups excluding tert-OH is 1. The molecule has 2 nitrogen and oxygen atoms in total. The summed E-state index contributed by atoms with van der Waals surface area (Å²) in [5.74, 6) is 0. The van der Waals surface area contributed by atoms with Crippen molar-refractivity contribution >= 4 is 15.9 Å². The SMILES string of the molecule is CC(O)[C@@H](N)c1ccc(Br)cc1. The van der Waals surface area contributed by atoms with Crippen LogP contribution in [-0.4, -0.2) is 11.2 Å². The Kier molecular flexibility index (Phi) is 3.26. The lowest BCUT2D eigenvalue weighted by Gasteiger charge is -2.14. The molecule has 3 heteroatoms. The third-order valence-corrected chi connectivity index (χ3v) is 2.30. The van der Waals surface area contributed by atoms with Gasteiger partial charge in [-0.15, -0.1) is 0 Å². The van der Waals surface area contributed by atoms with E-state index in [9.17, 15) is 5.11 Å². The van der Waals surface area contributed by atoms with Crippen LogP contribution in [0, 0.1) is 0 Å². The smallest absolute Gasteiger partial charge is 0.0704 e. The highest BCUT2D eigenvalue weighted by Crippen LogP contribution is 2.17. The van der Waals surface area contributed by atoms with Gasteiger partial charge in [0.05, 0.1) is 12.1 Å². The molecule has 0 fully saturated rings. The molecule has 3 N–H and O–H groups in total. The summed E-state index contributed by atoms with van der Waals surface area (Å²) in [6.07, 6.45) is -0.508. The van der Waals surface area contributed by atoms with Crippen molar-refractivity contribution in [2.75, 3.05) is 0 Å². The number of benzene rings is 1. The highest BCUT2D eigenvalue weighted by Gasteiger charge is 2.10. The van der Waals surface area contributed by atoms with E-state index in [-0.39, 0.29) is 6.04 Å². The molecule has 12 heavy (non-hydrogen) atoms. The quantitative estimate of drug-likeness (QED) is 0.814. The maximum atomic E-state index is 9.21. The molecule has 66 valence electrons. The Balaban J connectivity index is 2.82. The van der Waals surface area contributed by atoms with Gasteiger partial charge in [-0.1, -0.05) is 28.1 Å². The molecular weight excluding hydrogens is 218 g/mol. The molecule has 0 heterocycles. The number of rotatable bonds is 2. The first kappa shape index (κ1) is 9.71. The molecule has 1 rings (SSSR count). The third-order valence-electron chi connectivity index (χ3n) is 1.77. The molecule has 0 spiro atoms. The normalized spacial score (nSPS) is 15.7. The van der Waals surface area contributed by atoms with Crippen LogP contribution in [0.4, 0.5) is 0 Å². The van der Waals surface area contributed by atoms with Crippen LogP contribution in [0.15, 0.2) is 28.7 Å². The van der Waals surface area contributed by atoms with E-state index in [2.05, 4.69) is 15.9 Å². The highest BCUT2D eigenvalue weighted by molar-refractivity contribution is 9.10. The van der Waals surface area contributed by atoms with Gasteiger partial charge in [0.15, 0.2) is 0 Å². The molecule has 0 aliphatic rings. The van der Waals surface area contributed by atoms with Crippen LogP contribution in [-0.2, 0) is 0 Å². The molecule has 0 bridgehead atoms. The van der Waals surface area contributed by atoms with Gasteiger partial charge in [0, 0.05) is 4.47 Å². The molecule has 0 radical (unpaired) electrons. The Morgan fingerprint density at radius 3 is 2.25 bits per heavy atom. The fourth-order valence-corrected chi connectivity index (χ4v) is 1.23. The second-order valence-corrected chi connectivity index (χ2v) is 3.73. The minimum Gasteiger partial charge on any atom is -0.391 e. The number of hydrogen-bond acceptors (Lipinski definition) is 2. The average molecular weight is 230 g/mol. The topological polar surface area (TPSA) is 46.2 Å². The Morgan fingerprint density at radius 2 is 1.83 bits per heavy atom. The van der Waals surface area contributed by atoms with E-state index in [0.29, 0.717) is 0 Å². The molecule has 1 unspecified atom stereocenters. The zero-order valence-corrected chi connectivity index (χ0v) is 8.45. The molecule has 0 aromatic heterocycles. The minimum atomic E-state index is -0.508. The summed E-state index contributed by atoms with van der Waals surface area (Å²) in [5, 5.41) is 9.21. The van der Waals surface area contributed by atoms with Crippen molar-refractivity contribution in [1.29, 1.82) is 0 Å². The number of nitrogens with two attached hydrogens (primary N) is 1. The second-order valence-electron chi connectivity index (χ2n) is 2.82. The lowest BCUT2D eigenvalue weighted by Crippen LogP contribution is -2.22. The van der Waals surface area contributed by atoms with E-state index >= 15 is 0 Å². The highest BCUT2D eigenvalue weighted by atomic mass is 79.9. The van der Waals surface area contributed by atoms with Crippen LogP contribution in [0.5, 0.6) is 0 Å². The summed E-state index contributed by atoms with van der Waals surface area (Å²) in [4.78, 5) is 0. The molecule has 2 atom stereocenters. The molecule has 0 aliphatic carbocycles. The Labute approximate surface area is 80.5 Å². The first-order valence-electron chi connectivity index (χ1n) is 3.80. The molecule has 1 aromatic carbocycles. The third kappa shape index (κ3) is 2.30. The lowest BCUT2D eigenvalue weighted by molar-refractivity contribution is 0.164. The predicted octanol–water partition coefficient (Wildman–Crippen LogP) is 1.83. The van der Waals surface area contributed by atoms with E-state index in [1.807, 2.05) is 24.3 Å². The fraction of sp³-hybridized carbons (Fsp3) is 0.333. The van der Waals surface area contributed by atoms with Crippen LogP contribution >= 0.6 is 15.9 Å². The first-order valence-corrected chi connectivity index (χ1v) is 4.59. The second kappa shape index (κ2) is 4.03. The number of aliphatic hydroxyl groups is 1. The van der Waals surface area contributed by atoms with E-state index in [1.165, 1.54) is 0 Å². The summed E-state index contributed by atoms with van der Waals surface area (Å²) in [5.41, 5.74) is 6.67. The van der Waals surface area contributed by atoms with Crippen molar-refractivity contribution in [1.82, 2.24) is 0 Å². The lowest BCUT2D eigenvalue weighted by atomic mass is 10.0. The van der Waals surface area contributed by atoms with E-state index in [1.54, 1.807) is 6.92 Å². The number of hydrogen-bond donors (Lipinski definition) is 2. The van der Waals surface area contributed by atoms with Gasteiger partial charge < -0.3 is 10.8 Å². The van der Waals surface area contributed by atoms with Crippen LogP contribution in [0.3, 0.4) is 0 Å². The van der Waals surface area contributed by atoms with Gasteiger partial charge >= 0.3 is 0 Å². The van der Waals surface area contributed by atoms with Gasteiger partial charge in [-0.2, -0.15) is 0 Å². The monoisotopic (exact) mass is 229 g/mol. The summed E-state index contributed by atoms with van der Waals surface area (Å²) in [7, 11) is 0. The van der Waals surface area contributed by atoms with Gasteiger partial charge in [0.2, 0.25) is 0 Å². The Morgan fingerprint density at radius 1 is 1.33 bits per heavy atom. The van der Waals surface area contributed by atoms with Crippen molar-refractivity contribution < 1.29 is 5.11 Å². The maximum Gasteiger partial charge on any atom is 0.0704 e. The van der Waals surface area contributed by atoms with Crippen molar-refractivity contribution in [3.05, 3.63) is 34.3 Å². The van der Waals surface area contributed by atoms with Gasteiger partial charge in [0.1, 0.15) is 0 Å². The fourth-order valence-electron chi connectivity index (χ4n) is 0.964. The minimum absolute atomic E-state index is 0.293. The zero-order chi connectivity index (χ0) is 9.14. The molecule has 0 saturated carbocycles. The molecule has 1 aromatic rings. The summed E-state index contributed by atoms with van der Waals surface area (Å²) in [6.45, 7) is 1.69. The Hall–Kier alpha value is -0.380. The molecule has 0 saturated heterocycles. The van der Waals surface area contributed by atoms with Gasteiger partial charge in [0.25, 0.3) is 0 Å². The summed E-state index contributed by atoms with van der Waals surface area (Å²) < 4.78 is 1.02. The predicted molar refractivity (Wildman–Crippen MR) is 52.8 cm³/mol. The largest absolute Gasteiger partial charge is 0.391 e. The van der Waals surface area contributed by atoms with Gasteiger partial charge in [-0.05, 0) is 24.6 Å². The average Bonchev–Trinajstić information content (AvgIpc) is 2.04. The first-order chi connectivity index (χ1) is 5.61. The van der Waals surface area contributed by atoms with E-state index < -0.39 is 6.10 Å². The maximum absolute atomic E-state index is 9.21. The van der Waals surface area contributed by atoms with Crippen molar-refractivity contribution in [2.45, 2.75) is 19.1 Å². The molecule has 0 aliphatic heterocycles. The van der Waals surface area contributed by atoms with Crippen LogP contribution in [0.25, 0.3) is 0 Å². The standard InChI is InChI=1S/C9H12BrNO/c1-6(12)9(11)7-2-4-8(10)5-3-7/h2-6,9,12H,11H2,1H3/t6?,9-/m1/s1. The number of halogens is 1. The molecular formula is C9H12BrNO. The van der Waals surface area contributed by atoms with Crippen molar-refractivity contribution in [3.8, 4) is 0 Å².